The Kier molecular flexibility index (Phi) is 5.15. The molecule has 25 heavy (non-hydrogen) atoms. The van der Waals surface area contributed by atoms with E-state index in [2.05, 4.69) is 10.2 Å². The van der Waals surface area contributed by atoms with Gasteiger partial charge in [0.2, 0.25) is 5.82 Å². The fraction of sp³-hybridized carbons (Fsp3) is 0.235. The maximum atomic E-state index is 11.8. The Bertz CT molecular complexity index is 893. The van der Waals surface area contributed by atoms with E-state index in [4.69, 9.17) is 20.8 Å². The molecule has 1 aromatic carbocycles. The summed E-state index contributed by atoms with van der Waals surface area (Å²) in [6, 6.07) is 9.16. The molecule has 0 fully saturated rings. The maximum absolute atomic E-state index is 11.8. The van der Waals surface area contributed by atoms with Crippen molar-refractivity contribution in [2.45, 2.75) is 24.3 Å². The van der Waals surface area contributed by atoms with Gasteiger partial charge in [-0.1, -0.05) is 29.4 Å². The number of halogens is 1. The van der Waals surface area contributed by atoms with Crippen molar-refractivity contribution in [1.29, 1.82) is 0 Å². The van der Waals surface area contributed by atoms with Gasteiger partial charge in [-0.25, -0.2) is 0 Å². The van der Waals surface area contributed by atoms with Crippen molar-refractivity contribution in [3.05, 3.63) is 47.2 Å². The zero-order valence-corrected chi connectivity index (χ0v) is 15.5. The topological polar surface area (TPSA) is 70.2 Å². The van der Waals surface area contributed by atoms with Crippen LogP contribution in [0.5, 0.6) is 0 Å². The fourth-order valence-corrected chi connectivity index (χ4v) is 3.38. The first-order valence-corrected chi connectivity index (χ1v) is 8.77. The van der Waals surface area contributed by atoms with Gasteiger partial charge in [-0.05, 0) is 43.7 Å². The summed E-state index contributed by atoms with van der Waals surface area (Å²) in [6.45, 7) is 3.72. The number of furan rings is 1. The SMILES string of the molecule is COC(=O)C(C)Sc1nnc(-c2ccco2)n1-c1cc(Cl)ccc1C. The average Bonchev–Trinajstić information content (AvgIpc) is 3.25. The van der Waals surface area contributed by atoms with E-state index in [1.54, 1.807) is 25.3 Å². The van der Waals surface area contributed by atoms with Crippen LogP contribution in [-0.2, 0) is 9.53 Å². The first kappa shape index (κ1) is 17.6. The molecule has 3 aromatic rings. The molecule has 0 N–H and O–H groups in total. The number of carbonyl (C=O) groups is 1. The molecule has 0 amide bonds. The van der Waals surface area contributed by atoms with Gasteiger partial charge in [0.25, 0.3) is 0 Å². The monoisotopic (exact) mass is 377 g/mol. The lowest BCUT2D eigenvalue weighted by Gasteiger charge is -2.14. The van der Waals surface area contributed by atoms with Crippen molar-refractivity contribution in [2.24, 2.45) is 0 Å². The first-order valence-electron chi connectivity index (χ1n) is 7.51. The Morgan fingerprint density at radius 3 is 2.84 bits per heavy atom. The Hall–Kier alpha value is -2.25. The molecule has 0 saturated heterocycles. The lowest BCUT2D eigenvalue weighted by atomic mass is 10.2. The Morgan fingerprint density at radius 1 is 1.36 bits per heavy atom. The number of hydrogen-bond acceptors (Lipinski definition) is 6. The maximum Gasteiger partial charge on any atom is 0.318 e. The highest BCUT2D eigenvalue weighted by molar-refractivity contribution is 8.00. The fourth-order valence-electron chi connectivity index (χ4n) is 2.32. The average molecular weight is 378 g/mol. The molecule has 2 heterocycles. The van der Waals surface area contributed by atoms with Crippen LogP contribution in [0.3, 0.4) is 0 Å². The summed E-state index contributed by atoms with van der Waals surface area (Å²) in [7, 11) is 1.36. The van der Waals surface area contributed by atoms with Gasteiger partial charge in [-0.2, -0.15) is 0 Å². The highest BCUT2D eigenvalue weighted by atomic mass is 35.5. The van der Waals surface area contributed by atoms with Gasteiger partial charge in [-0.15, -0.1) is 10.2 Å². The lowest BCUT2D eigenvalue weighted by molar-refractivity contribution is -0.139. The number of esters is 1. The van der Waals surface area contributed by atoms with Crippen LogP contribution in [0.4, 0.5) is 0 Å². The number of nitrogens with zero attached hydrogens (tertiary/aromatic N) is 3. The summed E-state index contributed by atoms with van der Waals surface area (Å²) in [5.41, 5.74) is 1.81. The van der Waals surface area contributed by atoms with E-state index >= 15 is 0 Å². The second-order valence-electron chi connectivity index (χ2n) is 5.33. The van der Waals surface area contributed by atoms with Crippen molar-refractivity contribution in [1.82, 2.24) is 14.8 Å². The van der Waals surface area contributed by atoms with Gasteiger partial charge < -0.3 is 9.15 Å². The van der Waals surface area contributed by atoms with Crippen LogP contribution in [-0.4, -0.2) is 33.1 Å². The molecule has 1 atom stereocenters. The minimum atomic E-state index is -0.433. The number of carbonyl (C=O) groups excluding carboxylic acids is 1. The van der Waals surface area contributed by atoms with Crippen LogP contribution < -0.4 is 0 Å². The molecule has 0 radical (unpaired) electrons. The second kappa shape index (κ2) is 7.33. The van der Waals surface area contributed by atoms with Crippen LogP contribution in [0, 0.1) is 6.92 Å². The van der Waals surface area contributed by atoms with E-state index in [0.29, 0.717) is 21.8 Å². The molecule has 0 bridgehead atoms. The van der Waals surface area contributed by atoms with E-state index in [0.717, 1.165) is 11.3 Å². The number of thioether (sulfide) groups is 1. The summed E-state index contributed by atoms with van der Waals surface area (Å²) in [5.74, 6) is 0.779. The number of rotatable bonds is 5. The van der Waals surface area contributed by atoms with Crippen molar-refractivity contribution in [3.8, 4) is 17.3 Å². The van der Waals surface area contributed by atoms with Crippen LogP contribution in [0.15, 0.2) is 46.2 Å². The smallest absolute Gasteiger partial charge is 0.318 e. The Labute approximate surface area is 154 Å². The predicted molar refractivity (Wildman–Crippen MR) is 96.1 cm³/mol. The van der Waals surface area contributed by atoms with Crippen molar-refractivity contribution in [2.75, 3.05) is 7.11 Å². The summed E-state index contributed by atoms with van der Waals surface area (Å²) in [5, 5.41) is 9.20. The van der Waals surface area contributed by atoms with Gasteiger partial charge in [0, 0.05) is 5.02 Å². The van der Waals surface area contributed by atoms with Crippen molar-refractivity contribution in [3.63, 3.8) is 0 Å². The molecule has 6 nitrogen and oxygen atoms in total. The summed E-state index contributed by atoms with van der Waals surface area (Å²) in [6.07, 6.45) is 1.57. The summed E-state index contributed by atoms with van der Waals surface area (Å²) < 4.78 is 12.1. The number of hydrogen-bond donors (Lipinski definition) is 0. The van der Waals surface area contributed by atoms with Crippen LogP contribution >= 0.6 is 23.4 Å². The molecule has 2 aromatic heterocycles. The zero-order valence-electron chi connectivity index (χ0n) is 13.9. The summed E-state index contributed by atoms with van der Waals surface area (Å²) in [4.78, 5) is 11.8. The third-order valence-corrected chi connectivity index (χ3v) is 4.86. The van der Waals surface area contributed by atoms with Crippen molar-refractivity contribution >= 4 is 29.3 Å². The molecule has 0 aliphatic carbocycles. The largest absolute Gasteiger partial charge is 0.468 e. The molecule has 3 rings (SSSR count). The minimum Gasteiger partial charge on any atom is -0.468 e. The lowest BCUT2D eigenvalue weighted by Crippen LogP contribution is -2.15. The minimum absolute atomic E-state index is 0.332. The summed E-state index contributed by atoms with van der Waals surface area (Å²) >= 11 is 7.44. The number of ether oxygens (including phenoxy) is 1. The molecule has 0 aliphatic heterocycles. The molecule has 0 spiro atoms. The molecule has 0 saturated carbocycles. The van der Waals surface area contributed by atoms with Gasteiger partial charge in [-0.3, -0.25) is 9.36 Å². The zero-order chi connectivity index (χ0) is 18.0. The van der Waals surface area contributed by atoms with Crippen LogP contribution in [0.1, 0.15) is 12.5 Å². The van der Waals surface area contributed by atoms with Crippen molar-refractivity contribution < 1.29 is 13.9 Å². The Morgan fingerprint density at radius 2 is 2.16 bits per heavy atom. The third-order valence-electron chi connectivity index (χ3n) is 3.60. The van der Waals surface area contributed by atoms with Crippen LogP contribution in [0.25, 0.3) is 17.3 Å². The molecule has 1 unspecified atom stereocenters. The van der Waals surface area contributed by atoms with E-state index in [1.807, 2.05) is 29.7 Å². The second-order valence-corrected chi connectivity index (χ2v) is 7.08. The van der Waals surface area contributed by atoms with Gasteiger partial charge >= 0.3 is 5.97 Å². The number of methoxy groups -OCH3 is 1. The van der Waals surface area contributed by atoms with Crippen LogP contribution in [0.2, 0.25) is 5.02 Å². The van der Waals surface area contributed by atoms with E-state index < -0.39 is 5.25 Å². The first-order chi connectivity index (χ1) is 12.0. The van der Waals surface area contributed by atoms with E-state index in [-0.39, 0.29) is 5.97 Å². The Balaban J connectivity index is 2.14. The number of aromatic nitrogens is 3. The molecule has 8 heteroatoms. The highest BCUT2D eigenvalue weighted by Gasteiger charge is 2.24. The predicted octanol–water partition coefficient (Wildman–Crippen LogP) is 4.14. The molecular formula is C17H16ClN3O3S. The highest BCUT2D eigenvalue weighted by Crippen LogP contribution is 2.32. The molecule has 130 valence electrons. The third kappa shape index (κ3) is 3.57. The standard InChI is InChI=1S/C17H16ClN3O3S/c1-10-6-7-12(18)9-13(10)21-15(14-5-4-8-24-14)19-20-17(21)25-11(2)16(22)23-3/h4-9,11H,1-3H3. The quantitative estimate of drug-likeness (QED) is 0.491. The van der Waals surface area contributed by atoms with Gasteiger partial charge in [0.15, 0.2) is 10.9 Å². The van der Waals surface area contributed by atoms with E-state index in [9.17, 15) is 4.79 Å². The molecule has 0 aliphatic rings. The van der Waals surface area contributed by atoms with E-state index in [1.165, 1.54) is 18.9 Å². The normalized spacial score (nSPS) is 12.2. The van der Waals surface area contributed by atoms with Gasteiger partial charge in [0.05, 0.1) is 19.1 Å². The van der Waals surface area contributed by atoms with Gasteiger partial charge in [0.1, 0.15) is 5.25 Å². The number of aryl methyl sites for hydroxylation is 1. The molecular weight excluding hydrogens is 362 g/mol. The number of benzene rings is 1.